The van der Waals surface area contributed by atoms with Gasteiger partial charge in [0, 0.05) is 37.1 Å². The summed E-state index contributed by atoms with van der Waals surface area (Å²) in [6, 6.07) is 5.26. The Morgan fingerprint density at radius 3 is 2.92 bits per heavy atom. The molecular formula is C18H20N6O2. The standard InChI is InChI=1S/C18H20N6O2/c19-5-6-20-16-17-22-10-14(24(17)8-7-21-16)11-1-4-13(15(25)9-11)18(26)23-12-2-3-12/h1,4,7-10,12,25H,2-3,5-6,19H2,(H,20,21)(H,23,26). The molecule has 3 aromatic rings. The smallest absolute Gasteiger partial charge is 0.255 e. The van der Waals surface area contributed by atoms with Crippen molar-refractivity contribution in [2.45, 2.75) is 18.9 Å². The zero-order chi connectivity index (χ0) is 18.1. The van der Waals surface area contributed by atoms with E-state index in [1.165, 1.54) is 0 Å². The number of anilines is 1. The van der Waals surface area contributed by atoms with Gasteiger partial charge in [-0.3, -0.25) is 9.20 Å². The van der Waals surface area contributed by atoms with Gasteiger partial charge in [0.15, 0.2) is 11.5 Å². The molecule has 8 nitrogen and oxygen atoms in total. The van der Waals surface area contributed by atoms with Gasteiger partial charge in [-0.2, -0.15) is 0 Å². The fourth-order valence-electron chi connectivity index (χ4n) is 2.82. The van der Waals surface area contributed by atoms with E-state index < -0.39 is 0 Å². The van der Waals surface area contributed by atoms with Crippen molar-refractivity contribution in [2.75, 3.05) is 18.4 Å². The second-order valence-corrected chi connectivity index (χ2v) is 6.31. The summed E-state index contributed by atoms with van der Waals surface area (Å²) in [5.74, 6) is 0.354. The molecule has 134 valence electrons. The lowest BCUT2D eigenvalue weighted by atomic mass is 10.1. The third-order valence-electron chi connectivity index (χ3n) is 4.32. The second-order valence-electron chi connectivity index (χ2n) is 6.31. The van der Waals surface area contributed by atoms with Crippen molar-refractivity contribution in [3.63, 3.8) is 0 Å². The number of carbonyl (C=O) groups excluding carboxylic acids is 1. The number of aromatic hydroxyl groups is 1. The molecule has 8 heteroatoms. The van der Waals surface area contributed by atoms with Gasteiger partial charge in [-0.25, -0.2) is 9.97 Å². The largest absolute Gasteiger partial charge is 0.507 e. The normalized spacial score (nSPS) is 13.7. The van der Waals surface area contributed by atoms with Gasteiger partial charge in [-0.15, -0.1) is 0 Å². The molecule has 0 aliphatic heterocycles. The Morgan fingerprint density at radius 2 is 2.19 bits per heavy atom. The topological polar surface area (TPSA) is 118 Å². The highest BCUT2D eigenvalue weighted by Crippen LogP contribution is 2.29. The molecule has 0 unspecified atom stereocenters. The van der Waals surface area contributed by atoms with Crippen LogP contribution in [0.5, 0.6) is 5.75 Å². The molecule has 26 heavy (non-hydrogen) atoms. The molecule has 0 atom stereocenters. The zero-order valence-corrected chi connectivity index (χ0v) is 14.1. The van der Waals surface area contributed by atoms with E-state index in [1.54, 1.807) is 36.8 Å². The number of nitrogens with zero attached hydrogens (tertiary/aromatic N) is 3. The Balaban J connectivity index is 1.67. The van der Waals surface area contributed by atoms with E-state index in [9.17, 15) is 9.90 Å². The number of hydrogen-bond acceptors (Lipinski definition) is 6. The fourth-order valence-corrected chi connectivity index (χ4v) is 2.82. The van der Waals surface area contributed by atoms with Crippen LogP contribution in [0.3, 0.4) is 0 Å². The lowest BCUT2D eigenvalue weighted by molar-refractivity contribution is 0.0948. The first-order valence-corrected chi connectivity index (χ1v) is 8.57. The molecule has 1 aliphatic rings. The minimum Gasteiger partial charge on any atom is -0.507 e. The van der Waals surface area contributed by atoms with Crippen LogP contribution < -0.4 is 16.4 Å². The van der Waals surface area contributed by atoms with Crippen molar-refractivity contribution >= 4 is 17.4 Å². The van der Waals surface area contributed by atoms with Gasteiger partial charge >= 0.3 is 0 Å². The van der Waals surface area contributed by atoms with Gasteiger partial charge in [0.1, 0.15) is 5.75 Å². The number of fused-ring (bicyclic) bond motifs is 1. The van der Waals surface area contributed by atoms with Crippen LogP contribution >= 0.6 is 0 Å². The summed E-state index contributed by atoms with van der Waals surface area (Å²) in [6.07, 6.45) is 7.19. The number of carbonyl (C=O) groups is 1. The van der Waals surface area contributed by atoms with E-state index in [4.69, 9.17) is 5.73 Å². The first kappa shape index (κ1) is 16.3. The highest BCUT2D eigenvalue weighted by molar-refractivity contribution is 5.97. The molecule has 5 N–H and O–H groups in total. The number of rotatable bonds is 6. The third-order valence-corrected chi connectivity index (χ3v) is 4.32. The zero-order valence-electron chi connectivity index (χ0n) is 14.1. The van der Waals surface area contributed by atoms with Gasteiger partial charge < -0.3 is 21.5 Å². The molecule has 1 aliphatic carbocycles. The molecule has 0 saturated heterocycles. The monoisotopic (exact) mass is 352 g/mol. The van der Waals surface area contributed by atoms with Crippen LogP contribution in [0.1, 0.15) is 23.2 Å². The molecule has 1 saturated carbocycles. The van der Waals surface area contributed by atoms with Crippen molar-refractivity contribution in [3.8, 4) is 17.0 Å². The molecule has 1 amide bonds. The highest BCUT2D eigenvalue weighted by atomic mass is 16.3. The number of phenolic OH excluding ortho intramolecular Hbond substituents is 1. The van der Waals surface area contributed by atoms with Crippen LogP contribution in [0.25, 0.3) is 16.9 Å². The molecule has 1 fully saturated rings. The van der Waals surface area contributed by atoms with E-state index in [-0.39, 0.29) is 23.3 Å². The Bertz CT molecular complexity index is 963. The number of amides is 1. The second kappa shape index (κ2) is 6.64. The van der Waals surface area contributed by atoms with Crippen LogP contribution in [-0.4, -0.2) is 44.5 Å². The van der Waals surface area contributed by atoms with E-state index in [0.29, 0.717) is 24.6 Å². The summed E-state index contributed by atoms with van der Waals surface area (Å²) in [5, 5.41) is 16.3. The molecule has 2 heterocycles. The summed E-state index contributed by atoms with van der Waals surface area (Å²) in [4.78, 5) is 20.9. The van der Waals surface area contributed by atoms with Gasteiger partial charge in [-0.1, -0.05) is 6.07 Å². The average Bonchev–Trinajstić information content (AvgIpc) is 3.34. The van der Waals surface area contributed by atoms with Crippen LogP contribution in [0.4, 0.5) is 5.82 Å². The lowest BCUT2D eigenvalue weighted by Gasteiger charge is -2.09. The summed E-state index contributed by atoms with van der Waals surface area (Å²) in [6.45, 7) is 1.09. The van der Waals surface area contributed by atoms with E-state index in [0.717, 1.165) is 24.1 Å². The average molecular weight is 352 g/mol. The Morgan fingerprint density at radius 1 is 1.35 bits per heavy atom. The first-order valence-electron chi connectivity index (χ1n) is 8.57. The van der Waals surface area contributed by atoms with Crippen LogP contribution in [0.15, 0.2) is 36.8 Å². The lowest BCUT2D eigenvalue weighted by Crippen LogP contribution is -2.25. The van der Waals surface area contributed by atoms with Crippen molar-refractivity contribution in [3.05, 3.63) is 42.4 Å². The molecule has 0 radical (unpaired) electrons. The Kier molecular flexibility index (Phi) is 4.18. The number of nitrogens with one attached hydrogen (secondary N) is 2. The number of hydrogen-bond donors (Lipinski definition) is 4. The van der Waals surface area contributed by atoms with Gasteiger partial charge in [0.2, 0.25) is 0 Å². The molecule has 4 rings (SSSR count). The van der Waals surface area contributed by atoms with E-state index in [2.05, 4.69) is 20.6 Å². The minimum absolute atomic E-state index is 0.0499. The van der Waals surface area contributed by atoms with Crippen molar-refractivity contribution in [1.82, 2.24) is 19.7 Å². The van der Waals surface area contributed by atoms with Crippen molar-refractivity contribution in [2.24, 2.45) is 5.73 Å². The number of imidazole rings is 1. The van der Waals surface area contributed by atoms with Crippen LogP contribution in [0.2, 0.25) is 0 Å². The SMILES string of the molecule is NCCNc1nccn2c(-c3ccc(C(=O)NC4CC4)c(O)c3)cnc12. The summed E-state index contributed by atoms with van der Waals surface area (Å²) < 4.78 is 1.88. The maximum atomic E-state index is 12.2. The predicted molar refractivity (Wildman–Crippen MR) is 98.1 cm³/mol. The molecule has 0 spiro atoms. The Hall–Kier alpha value is -3.13. The number of nitrogens with two attached hydrogens (primary N) is 1. The quantitative estimate of drug-likeness (QED) is 0.532. The van der Waals surface area contributed by atoms with Crippen molar-refractivity contribution in [1.29, 1.82) is 0 Å². The summed E-state index contributed by atoms with van der Waals surface area (Å²) >= 11 is 0. The van der Waals surface area contributed by atoms with E-state index >= 15 is 0 Å². The molecular weight excluding hydrogens is 332 g/mol. The summed E-state index contributed by atoms with van der Waals surface area (Å²) in [7, 11) is 0. The fraction of sp³-hybridized carbons (Fsp3) is 0.278. The predicted octanol–water partition coefficient (Wildman–Crippen LogP) is 1.36. The molecule has 0 bridgehead atoms. The van der Waals surface area contributed by atoms with Gasteiger partial charge in [0.25, 0.3) is 5.91 Å². The third kappa shape index (κ3) is 3.06. The number of benzene rings is 1. The minimum atomic E-state index is -0.243. The van der Waals surface area contributed by atoms with Crippen LogP contribution in [-0.2, 0) is 0 Å². The van der Waals surface area contributed by atoms with Crippen molar-refractivity contribution < 1.29 is 9.90 Å². The highest BCUT2D eigenvalue weighted by Gasteiger charge is 2.25. The molecule has 1 aromatic carbocycles. The molecule has 2 aromatic heterocycles. The first-order chi connectivity index (χ1) is 12.7. The van der Waals surface area contributed by atoms with Gasteiger partial charge in [-0.05, 0) is 25.0 Å². The Labute approximate surface area is 150 Å². The maximum Gasteiger partial charge on any atom is 0.255 e. The number of phenols is 1. The maximum absolute atomic E-state index is 12.2. The van der Waals surface area contributed by atoms with E-state index in [1.807, 2.05) is 4.40 Å². The summed E-state index contributed by atoms with van der Waals surface area (Å²) in [5.41, 5.74) is 8.03. The van der Waals surface area contributed by atoms with Gasteiger partial charge in [0.05, 0.1) is 17.5 Å². The van der Waals surface area contributed by atoms with Crippen LogP contribution in [0, 0.1) is 0 Å². The number of aromatic nitrogens is 3.